The second-order valence-electron chi connectivity index (χ2n) is 7.52. The van der Waals surface area contributed by atoms with Crippen LogP contribution in [-0.2, 0) is 16.0 Å². The van der Waals surface area contributed by atoms with Crippen molar-refractivity contribution in [2.75, 3.05) is 46.4 Å². The number of hydrogen-bond donors (Lipinski definition) is 1. The van der Waals surface area contributed by atoms with Crippen LogP contribution in [0.3, 0.4) is 0 Å². The van der Waals surface area contributed by atoms with E-state index in [1.165, 1.54) is 5.56 Å². The quantitative estimate of drug-likeness (QED) is 0.790. The lowest BCUT2D eigenvalue weighted by atomic mass is 10.1. The van der Waals surface area contributed by atoms with Gasteiger partial charge >= 0.3 is 0 Å². The molecular weight excluding hydrogens is 342 g/mol. The van der Waals surface area contributed by atoms with Crippen molar-refractivity contribution in [1.29, 1.82) is 0 Å². The van der Waals surface area contributed by atoms with Gasteiger partial charge in [-0.2, -0.15) is 0 Å². The second-order valence-corrected chi connectivity index (χ2v) is 7.52. The first-order valence-electron chi connectivity index (χ1n) is 10.1. The summed E-state index contributed by atoms with van der Waals surface area (Å²) in [5, 5.41) is 2.83. The van der Waals surface area contributed by atoms with Crippen molar-refractivity contribution in [3.8, 4) is 5.75 Å². The first-order chi connectivity index (χ1) is 13.2. The number of nitrogens with one attached hydrogen (secondary N) is 1. The molecule has 0 atom stereocenters. The highest BCUT2D eigenvalue weighted by Gasteiger charge is 2.25. The van der Waals surface area contributed by atoms with E-state index in [1.807, 2.05) is 17.0 Å². The fourth-order valence-electron chi connectivity index (χ4n) is 3.91. The van der Waals surface area contributed by atoms with Gasteiger partial charge in [0.1, 0.15) is 5.75 Å². The average Bonchev–Trinajstić information content (AvgIpc) is 3.26. The molecule has 1 aliphatic heterocycles. The van der Waals surface area contributed by atoms with Gasteiger partial charge < -0.3 is 15.0 Å². The predicted octanol–water partition coefficient (Wildman–Crippen LogP) is 1.69. The molecule has 148 valence electrons. The van der Waals surface area contributed by atoms with Crippen molar-refractivity contribution >= 4 is 11.8 Å². The standard InChI is InChI=1S/C21H31N3O3/c1-27-19-8-6-17(7-9-19)10-11-23-12-14-24(15-13-23)20(25)16-22-21(26)18-4-2-3-5-18/h6-9,18H,2-5,10-16H2,1H3,(H,22,26). The van der Waals surface area contributed by atoms with Gasteiger partial charge in [0, 0.05) is 38.6 Å². The maximum absolute atomic E-state index is 12.3. The van der Waals surface area contributed by atoms with Crippen molar-refractivity contribution in [3.05, 3.63) is 29.8 Å². The van der Waals surface area contributed by atoms with Crippen LogP contribution in [0.2, 0.25) is 0 Å². The number of hydrogen-bond acceptors (Lipinski definition) is 4. The topological polar surface area (TPSA) is 61.9 Å². The van der Waals surface area contributed by atoms with E-state index >= 15 is 0 Å². The van der Waals surface area contributed by atoms with Crippen LogP contribution < -0.4 is 10.1 Å². The molecule has 1 aliphatic carbocycles. The zero-order chi connectivity index (χ0) is 19.1. The molecular formula is C21H31N3O3. The fourth-order valence-corrected chi connectivity index (χ4v) is 3.91. The van der Waals surface area contributed by atoms with Crippen LogP contribution in [0.5, 0.6) is 5.75 Å². The zero-order valence-electron chi connectivity index (χ0n) is 16.3. The second kappa shape index (κ2) is 9.74. The van der Waals surface area contributed by atoms with Crippen molar-refractivity contribution in [3.63, 3.8) is 0 Å². The summed E-state index contributed by atoms with van der Waals surface area (Å²) in [5.74, 6) is 1.09. The summed E-state index contributed by atoms with van der Waals surface area (Å²) < 4.78 is 5.19. The van der Waals surface area contributed by atoms with E-state index in [-0.39, 0.29) is 24.3 Å². The predicted molar refractivity (Wildman–Crippen MR) is 105 cm³/mol. The SMILES string of the molecule is COc1ccc(CCN2CCN(C(=O)CNC(=O)C3CCCC3)CC2)cc1. The van der Waals surface area contributed by atoms with Crippen molar-refractivity contribution in [1.82, 2.24) is 15.1 Å². The van der Waals surface area contributed by atoms with E-state index in [1.54, 1.807) is 7.11 Å². The summed E-state index contributed by atoms with van der Waals surface area (Å²) >= 11 is 0. The third-order valence-electron chi connectivity index (χ3n) is 5.74. The van der Waals surface area contributed by atoms with Gasteiger partial charge in [-0.25, -0.2) is 0 Å². The Kier molecular flexibility index (Phi) is 7.10. The monoisotopic (exact) mass is 373 g/mol. The van der Waals surface area contributed by atoms with Crippen LogP contribution in [0.4, 0.5) is 0 Å². The number of methoxy groups -OCH3 is 1. The zero-order valence-corrected chi connectivity index (χ0v) is 16.3. The van der Waals surface area contributed by atoms with Gasteiger partial charge in [0.15, 0.2) is 0 Å². The minimum atomic E-state index is 0.0381. The van der Waals surface area contributed by atoms with E-state index in [0.29, 0.717) is 0 Å². The Morgan fingerprint density at radius 3 is 2.37 bits per heavy atom. The average molecular weight is 373 g/mol. The van der Waals surface area contributed by atoms with Gasteiger partial charge in [-0.1, -0.05) is 25.0 Å². The third kappa shape index (κ3) is 5.70. The summed E-state index contributed by atoms with van der Waals surface area (Å²) in [6.07, 6.45) is 5.18. The lowest BCUT2D eigenvalue weighted by molar-refractivity contribution is -0.135. The van der Waals surface area contributed by atoms with Crippen LogP contribution in [0.15, 0.2) is 24.3 Å². The number of nitrogens with zero attached hydrogens (tertiary/aromatic N) is 2. The van der Waals surface area contributed by atoms with Crippen molar-refractivity contribution < 1.29 is 14.3 Å². The molecule has 27 heavy (non-hydrogen) atoms. The number of amides is 2. The van der Waals surface area contributed by atoms with Crippen LogP contribution in [0, 0.1) is 5.92 Å². The Labute approximate surface area is 161 Å². The molecule has 6 heteroatoms. The molecule has 0 spiro atoms. The normalized spacial score (nSPS) is 18.5. The summed E-state index contributed by atoms with van der Waals surface area (Å²) in [6, 6.07) is 8.19. The lowest BCUT2D eigenvalue weighted by Gasteiger charge is -2.34. The highest BCUT2D eigenvalue weighted by atomic mass is 16.5. The molecule has 3 rings (SSSR count). The molecule has 0 aromatic heterocycles. The van der Waals surface area contributed by atoms with Gasteiger partial charge in [0.2, 0.25) is 11.8 Å². The van der Waals surface area contributed by atoms with E-state index in [2.05, 4.69) is 22.3 Å². The minimum Gasteiger partial charge on any atom is -0.497 e. The van der Waals surface area contributed by atoms with Crippen LogP contribution >= 0.6 is 0 Å². The molecule has 1 aromatic carbocycles. The Hall–Kier alpha value is -2.08. The Morgan fingerprint density at radius 1 is 1.07 bits per heavy atom. The number of ether oxygens (including phenoxy) is 1. The Morgan fingerprint density at radius 2 is 1.74 bits per heavy atom. The smallest absolute Gasteiger partial charge is 0.242 e. The fraction of sp³-hybridized carbons (Fsp3) is 0.619. The van der Waals surface area contributed by atoms with Gasteiger partial charge in [0.05, 0.1) is 13.7 Å². The molecule has 2 fully saturated rings. The van der Waals surface area contributed by atoms with Crippen molar-refractivity contribution in [2.24, 2.45) is 5.92 Å². The maximum atomic E-state index is 12.3. The van der Waals surface area contributed by atoms with Gasteiger partial charge in [-0.3, -0.25) is 14.5 Å². The van der Waals surface area contributed by atoms with E-state index in [4.69, 9.17) is 4.74 Å². The number of benzene rings is 1. The number of rotatable bonds is 7. The molecule has 2 aliphatic rings. The largest absolute Gasteiger partial charge is 0.497 e. The first-order valence-corrected chi connectivity index (χ1v) is 10.1. The molecule has 1 aromatic rings. The summed E-state index contributed by atoms with van der Waals surface area (Å²) in [4.78, 5) is 28.7. The van der Waals surface area contributed by atoms with Crippen LogP contribution in [0.25, 0.3) is 0 Å². The van der Waals surface area contributed by atoms with Gasteiger partial charge in [-0.15, -0.1) is 0 Å². The molecule has 1 heterocycles. The lowest BCUT2D eigenvalue weighted by Crippen LogP contribution is -2.51. The van der Waals surface area contributed by atoms with E-state index in [0.717, 1.165) is 70.6 Å². The maximum Gasteiger partial charge on any atom is 0.242 e. The molecule has 1 saturated heterocycles. The first kappa shape index (κ1) is 19.7. The highest BCUT2D eigenvalue weighted by Crippen LogP contribution is 2.24. The molecule has 2 amide bonds. The number of piperazine rings is 1. The molecule has 0 bridgehead atoms. The Balaban J connectivity index is 1.34. The highest BCUT2D eigenvalue weighted by molar-refractivity contribution is 5.86. The van der Waals surface area contributed by atoms with E-state index in [9.17, 15) is 9.59 Å². The Bertz CT molecular complexity index is 618. The number of carbonyl (C=O) groups excluding carboxylic acids is 2. The minimum absolute atomic E-state index is 0.0381. The van der Waals surface area contributed by atoms with Crippen LogP contribution in [0.1, 0.15) is 31.2 Å². The number of carbonyl (C=O) groups is 2. The summed E-state index contributed by atoms with van der Waals surface area (Å²) in [6.45, 7) is 4.38. The van der Waals surface area contributed by atoms with Gasteiger partial charge in [0.25, 0.3) is 0 Å². The summed E-state index contributed by atoms with van der Waals surface area (Å²) in [7, 11) is 1.68. The van der Waals surface area contributed by atoms with E-state index < -0.39 is 0 Å². The molecule has 0 radical (unpaired) electrons. The van der Waals surface area contributed by atoms with Crippen LogP contribution in [-0.4, -0.2) is 68.0 Å². The molecule has 1 N–H and O–H groups in total. The molecule has 1 saturated carbocycles. The third-order valence-corrected chi connectivity index (χ3v) is 5.74. The van der Waals surface area contributed by atoms with Gasteiger partial charge in [-0.05, 0) is 37.0 Å². The van der Waals surface area contributed by atoms with Crippen molar-refractivity contribution in [2.45, 2.75) is 32.1 Å². The summed E-state index contributed by atoms with van der Waals surface area (Å²) in [5.41, 5.74) is 1.30. The molecule has 0 unspecified atom stereocenters. The molecule has 6 nitrogen and oxygen atoms in total.